The van der Waals surface area contributed by atoms with Gasteiger partial charge in [0.15, 0.2) is 5.79 Å². The van der Waals surface area contributed by atoms with Gasteiger partial charge in [0.05, 0.1) is 12.6 Å². The highest BCUT2D eigenvalue weighted by atomic mass is 16.7. The van der Waals surface area contributed by atoms with Gasteiger partial charge >= 0.3 is 5.97 Å². The molecule has 1 fully saturated rings. The molecule has 1 rings (SSSR count). The van der Waals surface area contributed by atoms with Crippen LogP contribution in [0.4, 0.5) is 0 Å². The zero-order chi connectivity index (χ0) is 13.8. The van der Waals surface area contributed by atoms with E-state index in [1.807, 2.05) is 0 Å². The number of rotatable bonds is 6. The van der Waals surface area contributed by atoms with E-state index < -0.39 is 17.8 Å². The molecule has 0 saturated carbocycles. The number of carbonyl (C=O) groups is 2. The molecule has 7 heteroatoms. The van der Waals surface area contributed by atoms with Gasteiger partial charge in [0.25, 0.3) is 0 Å². The highest BCUT2D eigenvalue weighted by Crippen LogP contribution is 2.21. The van der Waals surface area contributed by atoms with Crippen LogP contribution < -0.4 is 11.1 Å². The molecule has 2 unspecified atom stereocenters. The normalized spacial score (nSPS) is 23.6. The van der Waals surface area contributed by atoms with Crippen molar-refractivity contribution in [3.63, 3.8) is 0 Å². The van der Waals surface area contributed by atoms with Crippen molar-refractivity contribution in [1.29, 1.82) is 0 Å². The number of nitrogens with one attached hydrogen (secondary N) is 1. The average Bonchev–Trinajstić information content (AvgIpc) is 2.62. The molecule has 1 aliphatic heterocycles. The molecule has 0 aromatic carbocycles. The van der Waals surface area contributed by atoms with Gasteiger partial charge in [0.2, 0.25) is 5.91 Å². The highest BCUT2D eigenvalue weighted by molar-refractivity contribution is 5.82. The van der Waals surface area contributed by atoms with Crippen LogP contribution in [0.25, 0.3) is 0 Å². The summed E-state index contributed by atoms with van der Waals surface area (Å²) in [4.78, 5) is 21.9. The molecule has 1 amide bonds. The van der Waals surface area contributed by atoms with Crippen LogP contribution in [-0.2, 0) is 19.1 Å². The van der Waals surface area contributed by atoms with Gasteiger partial charge in [0, 0.05) is 13.0 Å². The van der Waals surface area contributed by atoms with E-state index in [0.29, 0.717) is 13.2 Å². The lowest BCUT2D eigenvalue weighted by atomic mass is 10.1. The first-order valence-corrected chi connectivity index (χ1v) is 5.87. The third kappa shape index (κ3) is 4.99. The number of nitrogens with two attached hydrogens (primary N) is 1. The number of carboxylic acid groups (broad SMARTS) is 1. The second-order valence-electron chi connectivity index (χ2n) is 4.73. The third-order valence-corrected chi connectivity index (χ3v) is 2.58. The summed E-state index contributed by atoms with van der Waals surface area (Å²) in [6.45, 7) is 4.32. The van der Waals surface area contributed by atoms with E-state index in [1.165, 1.54) is 0 Å². The van der Waals surface area contributed by atoms with E-state index in [4.69, 9.17) is 20.3 Å². The Kier molecular flexibility index (Phi) is 5.06. The molecular formula is C11H20N2O5. The molecule has 0 spiro atoms. The molecule has 0 aromatic heterocycles. The lowest BCUT2D eigenvalue weighted by molar-refractivity contribution is -0.140. The predicted molar refractivity (Wildman–Crippen MR) is 62.8 cm³/mol. The van der Waals surface area contributed by atoms with Crippen molar-refractivity contribution in [1.82, 2.24) is 5.32 Å². The van der Waals surface area contributed by atoms with Crippen molar-refractivity contribution in [3.8, 4) is 0 Å². The van der Waals surface area contributed by atoms with Crippen LogP contribution >= 0.6 is 0 Å². The molecule has 104 valence electrons. The van der Waals surface area contributed by atoms with E-state index in [9.17, 15) is 9.59 Å². The average molecular weight is 260 g/mol. The van der Waals surface area contributed by atoms with Gasteiger partial charge < -0.3 is 25.6 Å². The number of hydrogen-bond donors (Lipinski definition) is 3. The van der Waals surface area contributed by atoms with Gasteiger partial charge in [0.1, 0.15) is 6.10 Å². The van der Waals surface area contributed by atoms with Gasteiger partial charge in [-0.2, -0.15) is 0 Å². The van der Waals surface area contributed by atoms with Crippen LogP contribution in [-0.4, -0.2) is 48.1 Å². The molecule has 2 atom stereocenters. The zero-order valence-electron chi connectivity index (χ0n) is 10.6. The molecule has 1 aliphatic rings. The SMILES string of the molecule is CC1(C)OCC(CNC(=O)C(N)CCC(=O)O)O1. The first-order chi connectivity index (χ1) is 8.30. The smallest absolute Gasteiger partial charge is 0.303 e. The molecule has 7 nitrogen and oxygen atoms in total. The number of carbonyl (C=O) groups excluding carboxylic acids is 1. The van der Waals surface area contributed by atoms with Crippen molar-refractivity contribution in [2.75, 3.05) is 13.2 Å². The first kappa shape index (κ1) is 14.9. The van der Waals surface area contributed by atoms with Gasteiger partial charge in [-0.1, -0.05) is 0 Å². The fourth-order valence-corrected chi connectivity index (χ4v) is 1.62. The van der Waals surface area contributed by atoms with Crippen molar-refractivity contribution in [2.45, 2.75) is 44.6 Å². The number of amides is 1. The lowest BCUT2D eigenvalue weighted by Gasteiger charge is -2.18. The fraction of sp³-hybridized carbons (Fsp3) is 0.818. The highest BCUT2D eigenvalue weighted by Gasteiger charge is 2.32. The number of ether oxygens (including phenoxy) is 2. The summed E-state index contributed by atoms with van der Waals surface area (Å²) in [5.41, 5.74) is 5.56. The molecule has 18 heavy (non-hydrogen) atoms. The van der Waals surface area contributed by atoms with E-state index >= 15 is 0 Å². The lowest BCUT2D eigenvalue weighted by Crippen LogP contribution is -2.44. The Balaban J connectivity index is 2.22. The summed E-state index contributed by atoms with van der Waals surface area (Å²) < 4.78 is 10.8. The standard InChI is InChI=1S/C11H20N2O5/c1-11(2)17-6-7(18-11)5-13-10(16)8(12)3-4-9(14)15/h7-8H,3-6,12H2,1-2H3,(H,13,16)(H,14,15). The summed E-state index contributed by atoms with van der Waals surface area (Å²) >= 11 is 0. The van der Waals surface area contributed by atoms with Crippen molar-refractivity contribution < 1.29 is 24.2 Å². The number of hydrogen-bond acceptors (Lipinski definition) is 5. The molecule has 0 aromatic rings. The predicted octanol–water partition coefficient (Wildman–Crippen LogP) is -0.554. The topological polar surface area (TPSA) is 111 Å². The second kappa shape index (κ2) is 6.12. The first-order valence-electron chi connectivity index (χ1n) is 5.87. The minimum absolute atomic E-state index is 0.120. The number of carboxylic acids is 1. The largest absolute Gasteiger partial charge is 0.481 e. The second-order valence-corrected chi connectivity index (χ2v) is 4.73. The van der Waals surface area contributed by atoms with Gasteiger partial charge in [-0.05, 0) is 20.3 Å². The minimum atomic E-state index is -0.965. The van der Waals surface area contributed by atoms with Gasteiger partial charge in [-0.3, -0.25) is 9.59 Å². The molecule has 4 N–H and O–H groups in total. The molecule has 1 heterocycles. The third-order valence-electron chi connectivity index (χ3n) is 2.58. The van der Waals surface area contributed by atoms with E-state index in [-0.39, 0.29) is 24.9 Å². The van der Waals surface area contributed by atoms with Crippen LogP contribution in [0.5, 0.6) is 0 Å². The maximum absolute atomic E-state index is 11.5. The van der Waals surface area contributed by atoms with Crippen LogP contribution in [0, 0.1) is 0 Å². The molecule has 0 radical (unpaired) electrons. The summed E-state index contributed by atoms with van der Waals surface area (Å²) in [5, 5.41) is 11.1. The molecule has 1 saturated heterocycles. The Bertz CT molecular complexity index is 319. The van der Waals surface area contributed by atoms with Crippen LogP contribution in [0.2, 0.25) is 0 Å². The summed E-state index contributed by atoms with van der Waals surface area (Å²) in [6.07, 6.45) is -0.199. The molecule has 0 bridgehead atoms. The maximum atomic E-state index is 11.5. The Morgan fingerprint density at radius 1 is 1.56 bits per heavy atom. The van der Waals surface area contributed by atoms with Crippen molar-refractivity contribution in [3.05, 3.63) is 0 Å². The molecular weight excluding hydrogens is 240 g/mol. The summed E-state index contributed by atoms with van der Waals surface area (Å²) in [6, 6.07) is -0.809. The van der Waals surface area contributed by atoms with Crippen LogP contribution in [0.1, 0.15) is 26.7 Å². The monoisotopic (exact) mass is 260 g/mol. The maximum Gasteiger partial charge on any atom is 0.303 e. The van der Waals surface area contributed by atoms with Gasteiger partial charge in [-0.15, -0.1) is 0 Å². The fourth-order valence-electron chi connectivity index (χ4n) is 1.62. The Hall–Kier alpha value is -1.18. The summed E-state index contributed by atoms with van der Waals surface area (Å²) in [7, 11) is 0. The van der Waals surface area contributed by atoms with Crippen LogP contribution in [0.15, 0.2) is 0 Å². The van der Waals surface area contributed by atoms with Crippen molar-refractivity contribution in [2.24, 2.45) is 5.73 Å². The quantitative estimate of drug-likeness (QED) is 0.590. The Morgan fingerprint density at radius 2 is 2.22 bits per heavy atom. The number of aliphatic carboxylic acids is 1. The Morgan fingerprint density at radius 3 is 2.72 bits per heavy atom. The van der Waals surface area contributed by atoms with E-state index in [1.54, 1.807) is 13.8 Å². The molecule has 0 aliphatic carbocycles. The van der Waals surface area contributed by atoms with Gasteiger partial charge in [-0.25, -0.2) is 0 Å². The summed E-state index contributed by atoms with van der Waals surface area (Å²) in [5.74, 6) is -1.96. The minimum Gasteiger partial charge on any atom is -0.481 e. The van der Waals surface area contributed by atoms with Crippen molar-refractivity contribution >= 4 is 11.9 Å². The zero-order valence-corrected chi connectivity index (χ0v) is 10.6. The van der Waals surface area contributed by atoms with E-state index in [2.05, 4.69) is 5.32 Å². The Labute approximate surface area is 106 Å². The van der Waals surface area contributed by atoms with Crippen LogP contribution in [0.3, 0.4) is 0 Å². The van der Waals surface area contributed by atoms with E-state index in [0.717, 1.165) is 0 Å².